The SMILES string of the molecule is CC(C)CNC(=O)[C@H](Nc1cccc(-c2nn[nH]n2)c1)c1cc(Cl)cc(NC(=O)OCc2ccccc2)c1. The van der Waals surface area contributed by atoms with Crippen LogP contribution in [-0.2, 0) is 16.1 Å². The molecule has 0 radical (unpaired) electrons. The van der Waals surface area contributed by atoms with Gasteiger partial charge in [-0.1, -0.05) is 67.9 Å². The van der Waals surface area contributed by atoms with E-state index in [1.54, 1.807) is 18.2 Å². The second-order valence-corrected chi connectivity index (χ2v) is 9.43. The van der Waals surface area contributed by atoms with Gasteiger partial charge in [0.25, 0.3) is 0 Å². The van der Waals surface area contributed by atoms with Crippen LogP contribution in [0.15, 0.2) is 72.8 Å². The molecule has 0 saturated heterocycles. The Bertz CT molecular complexity index is 1360. The average molecular weight is 534 g/mol. The number of tetrazole rings is 1. The Balaban J connectivity index is 1.55. The Hall–Kier alpha value is -4.44. The summed E-state index contributed by atoms with van der Waals surface area (Å²) in [6, 6.07) is 20.8. The number of nitrogens with zero attached hydrogens (tertiary/aromatic N) is 3. The molecule has 3 aromatic carbocycles. The Morgan fingerprint density at radius 1 is 1.00 bits per heavy atom. The van der Waals surface area contributed by atoms with Gasteiger partial charge in [0.1, 0.15) is 12.6 Å². The van der Waals surface area contributed by atoms with E-state index in [2.05, 4.69) is 36.6 Å². The molecule has 1 aromatic heterocycles. The van der Waals surface area contributed by atoms with Crippen LogP contribution in [0.4, 0.5) is 16.2 Å². The lowest BCUT2D eigenvalue weighted by atomic mass is 10.0. The fraction of sp³-hybridized carbons (Fsp3) is 0.222. The van der Waals surface area contributed by atoms with Gasteiger partial charge in [0, 0.05) is 28.5 Å². The normalized spacial score (nSPS) is 11.6. The molecule has 196 valence electrons. The van der Waals surface area contributed by atoms with E-state index in [-0.39, 0.29) is 18.4 Å². The molecule has 0 aliphatic rings. The first-order chi connectivity index (χ1) is 18.4. The lowest BCUT2D eigenvalue weighted by molar-refractivity contribution is -0.122. The van der Waals surface area contributed by atoms with Gasteiger partial charge in [0.2, 0.25) is 11.7 Å². The standard InChI is InChI=1S/C27H28ClN7O3/c1-17(2)15-29-26(36)24(30-22-10-6-9-19(12-22)25-32-34-35-33-25)20-11-21(28)14-23(13-20)31-27(37)38-16-18-7-4-3-5-8-18/h3-14,17,24,30H,15-16H2,1-2H3,(H,29,36)(H,31,37)(H,32,33,34,35)/t24-/m1/s1. The first kappa shape index (κ1) is 26.6. The smallest absolute Gasteiger partial charge is 0.411 e. The van der Waals surface area contributed by atoms with Gasteiger partial charge in [-0.15, -0.1) is 10.2 Å². The summed E-state index contributed by atoms with van der Waals surface area (Å²) in [5.74, 6) is 0.443. The number of anilines is 2. The molecule has 38 heavy (non-hydrogen) atoms. The number of benzene rings is 3. The van der Waals surface area contributed by atoms with Gasteiger partial charge in [-0.3, -0.25) is 10.1 Å². The summed E-state index contributed by atoms with van der Waals surface area (Å²) in [6.45, 7) is 4.65. The van der Waals surface area contributed by atoms with Crippen molar-refractivity contribution in [3.63, 3.8) is 0 Å². The van der Waals surface area contributed by atoms with Crippen LogP contribution in [0.1, 0.15) is 31.0 Å². The number of amides is 2. The average Bonchev–Trinajstić information content (AvgIpc) is 3.45. The van der Waals surface area contributed by atoms with Crippen LogP contribution in [0.2, 0.25) is 5.02 Å². The predicted molar refractivity (Wildman–Crippen MR) is 146 cm³/mol. The molecule has 0 fully saturated rings. The number of carbonyl (C=O) groups excluding carboxylic acids is 2. The number of nitrogens with one attached hydrogen (secondary N) is 4. The molecule has 0 spiro atoms. The second-order valence-electron chi connectivity index (χ2n) is 8.99. The summed E-state index contributed by atoms with van der Waals surface area (Å²) in [7, 11) is 0. The third-order valence-electron chi connectivity index (χ3n) is 5.44. The van der Waals surface area contributed by atoms with Crippen LogP contribution in [0, 0.1) is 5.92 Å². The lowest BCUT2D eigenvalue weighted by Gasteiger charge is -2.22. The third kappa shape index (κ3) is 7.53. The number of ether oxygens (including phenoxy) is 1. The van der Waals surface area contributed by atoms with E-state index in [1.807, 2.05) is 68.4 Å². The number of halogens is 1. The van der Waals surface area contributed by atoms with E-state index in [4.69, 9.17) is 16.3 Å². The topological polar surface area (TPSA) is 134 Å². The first-order valence-electron chi connectivity index (χ1n) is 12.0. The third-order valence-corrected chi connectivity index (χ3v) is 5.65. The minimum atomic E-state index is -0.811. The molecule has 4 aromatic rings. The Morgan fingerprint density at radius 3 is 2.55 bits per heavy atom. The predicted octanol–water partition coefficient (Wildman–Crippen LogP) is 5.19. The maximum Gasteiger partial charge on any atom is 0.411 e. The molecule has 10 nitrogen and oxygen atoms in total. The van der Waals surface area contributed by atoms with E-state index in [1.165, 1.54) is 0 Å². The van der Waals surface area contributed by atoms with Crippen molar-refractivity contribution in [2.45, 2.75) is 26.5 Å². The number of H-pyrrole nitrogens is 1. The van der Waals surface area contributed by atoms with Gasteiger partial charge in [-0.05, 0) is 52.6 Å². The second kappa shape index (κ2) is 12.7. The highest BCUT2D eigenvalue weighted by molar-refractivity contribution is 6.31. The fourth-order valence-corrected chi connectivity index (χ4v) is 3.88. The van der Waals surface area contributed by atoms with Crippen LogP contribution in [-0.4, -0.2) is 39.2 Å². The van der Waals surface area contributed by atoms with Crippen LogP contribution in [0.5, 0.6) is 0 Å². The van der Waals surface area contributed by atoms with E-state index >= 15 is 0 Å². The molecule has 0 saturated carbocycles. The molecule has 1 heterocycles. The van der Waals surface area contributed by atoms with Crippen LogP contribution in [0.25, 0.3) is 11.4 Å². The van der Waals surface area contributed by atoms with Gasteiger partial charge in [0.15, 0.2) is 0 Å². The van der Waals surface area contributed by atoms with Crippen molar-refractivity contribution < 1.29 is 14.3 Å². The van der Waals surface area contributed by atoms with Crippen LogP contribution in [0.3, 0.4) is 0 Å². The molecular weight excluding hydrogens is 506 g/mol. The van der Waals surface area contributed by atoms with Crippen molar-refractivity contribution in [1.29, 1.82) is 0 Å². The lowest BCUT2D eigenvalue weighted by Crippen LogP contribution is -2.35. The number of hydrogen-bond donors (Lipinski definition) is 4. The van der Waals surface area contributed by atoms with Crippen molar-refractivity contribution >= 4 is 35.0 Å². The van der Waals surface area contributed by atoms with Crippen LogP contribution >= 0.6 is 11.6 Å². The number of hydrogen-bond acceptors (Lipinski definition) is 7. The zero-order valence-corrected chi connectivity index (χ0v) is 21.7. The minimum absolute atomic E-state index is 0.124. The monoisotopic (exact) mass is 533 g/mol. The van der Waals surface area contributed by atoms with Crippen molar-refractivity contribution in [1.82, 2.24) is 25.9 Å². The van der Waals surface area contributed by atoms with Crippen molar-refractivity contribution in [3.05, 3.63) is 88.9 Å². The Morgan fingerprint density at radius 2 is 1.82 bits per heavy atom. The van der Waals surface area contributed by atoms with Crippen LogP contribution < -0.4 is 16.0 Å². The highest BCUT2D eigenvalue weighted by Gasteiger charge is 2.23. The number of aromatic amines is 1. The van der Waals surface area contributed by atoms with E-state index in [9.17, 15) is 9.59 Å². The Labute approximate surface area is 225 Å². The fourth-order valence-electron chi connectivity index (χ4n) is 3.63. The van der Waals surface area contributed by atoms with E-state index < -0.39 is 12.1 Å². The Kier molecular flexibility index (Phi) is 8.89. The summed E-state index contributed by atoms with van der Waals surface area (Å²) in [4.78, 5) is 25.7. The molecular formula is C27H28ClN7O3. The first-order valence-corrected chi connectivity index (χ1v) is 12.4. The van der Waals surface area contributed by atoms with Crippen molar-refractivity contribution in [2.24, 2.45) is 5.92 Å². The molecule has 11 heteroatoms. The highest BCUT2D eigenvalue weighted by atomic mass is 35.5. The summed E-state index contributed by atoms with van der Waals surface area (Å²) in [6.07, 6.45) is -0.636. The summed E-state index contributed by atoms with van der Waals surface area (Å²) >= 11 is 6.40. The van der Waals surface area contributed by atoms with Crippen molar-refractivity contribution in [3.8, 4) is 11.4 Å². The molecule has 0 bridgehead atoms. The van der Waals surface area contributed by atoms with Gasteiger partial charge >= 0.3 is 6.09 Å². The molecule has 2 amide bonds. The molecule has 4 rings (SSSR count). The van der Waals surface area contributed by atoms with E-state index in [0.717, 1.165) is 11.1 Å². The quantitative estimate of drug-likeness (QED) is 0.220. The molecule has 0 aliphatic heterocycles. The van der Waals surface area contributed by atoms with E-state index in [0.29, 0.717) is 34.3 Å². The van der Waals surface area contributed by atoms with Gasteiger partial charge in [0.05, 0.1) is 0 Å². The number of rotatable bonds is 10. The zero-order chi connectivity index (χ0) is 26.9. The molecule has 1 atom stereocenters. The maximum atomic E-state index is 13.3. The molecule has 0 aliphatic carbocycles. The van der Waals surface area contributed by atoms with Gasteiger partial charge < -0.3 is 15.4 Å². The van der Waals surface area contributed by atoms with Gasteiger partial charge in [-0.2, -0.15) is 5.21 Å². The molecule has 4 N–H and O–H groups in total. The number of aromatic nitrogens is 4. The summed E-state index contributed by atoms with van der Waals surface area (Å²) in [5.41, 5.74) is 3.20. The van der Waals surface area contributed by atoms with Gasteiger partial charge in [-0.25, -0.2) is 4.79 Å². The highest BCUT2D eigenvalue weighted by Crippen LogP contribution is 2.28. The maximum absolute atomic E-state index is 13.3. The number of carbonyl (C=O) groups is 2. The minimum Gasteiger partial charge on any atom is -0.444 e. The summed E-state index contributed by atoms with van der Waals surface area (Å²) < 4.78 is 5.32. The zero-order valence-electron chi connectivity index (χ0n) is 20.9. The van der Waals surface area contributed by atoms with Crippen molar-refractivity contribution in [2.75, 3.05) is 17.2 Å². The molecule has 0 unspecified atom stereocenters. The summed E-state index contributed by atoms with van der Waals surface area (Å²) in [5, 5.41) is 23.3. The largest absolute Gasteiger partial charge is 0.444 e.